The predicted octanol–water partition coefficient (Wildman–Crippen LogP) is 3.25. The normalized spacial score (nSPS) is 20.2. The summed E-state index contributed by atoms with van der Waals surface area (Å²) in [6, 6.07) is 14.8. The number of benzene rings is 2. The molecule has 2 atom stereocenters. The van der Waals surface area contributed by atoms with Gasteiger partial charge in [-0.1, -0.05) is 41.8 Å². The van der Waals surface area contributed by atoms with Gasteiger partial charge in [0.1, 0.15) is 19.0 Å². The largest absolute Gasteiger partial charge is 0.462 e. The van der Waals surface area contributed by atoms with Gasteiger partial charge in [0.15, 0.2) is 0 Å². The molecule has 1 N–H and O–H groups in total. The summed E-state index contributed by atoms with van der Waals surface area (Å²) in [6.45, 7) is 3.89. The maximum atomic E-state index is 12.7. The third-order valence-corrected chi connectivity index (χ3v) is 9.23. The van der Waals surface area contributed by atoms with E-state index in [4.69, 9.17) is 31.4 Å². The molecule has 0 aliphatic carbocycles. The quantitative estimate of drug-likeness (QED) is 0.419. The first kappa shape index (κ1) is 30.0. The Bertz CT molecular complexity index is 1640. The van der Waals surface area contributed by atoms with Gasteiger partial charge in [-0.15, -0.1) is 0 Å². The maximum Gasteiger partial charge on any atom is 0.318 e. The first-order chi connectivity index (χ1) is 21.5. The van der Waals surface area contributed by atoms with Crippen molar-refractivity contribution >= 4 is 39.8 Å². The summed E-state index contributed by atoms with van der Waals surface area (Å²) in [5.41, 5.74) is 3.04. The van der Waals surface area contributed by atoms with Gasteiger partial charge in [0.2, 0.25) is 0 Å². The second-order valence-electron chi connectivity index (χ2n) is 11.5. The van der Waals surface area contributed by atoms with Crippen molar-refractivity contribution in [1.82, 2.24) is 19.8 Å². The molecule has 10 nitrogen and oxygen atoms in total. The Morgan fingerprint density at radius 2 is 1.95 bits per heavy atom. The van der Waals surface area contributed by atoms with Crippen LogP contribution < -0.4 is 14.5 Å². The fourth-order valence-corrected chi connectivity index (χ4v) is 6.88. The molecule has 2 aromatic carbocycles. The Labute approximate surface area is 262 Å². The fourth-order valence-electron chi connectivity index (χ4n) is 6.60. The van der Waals surface area contributed by atoms with Crippen molar-refractivity contribution in [3.63, 3.8) is 0 Å². The number of carbonyl (C=O) groups is 1. The van der Waals surface area contributed by atoms with E-state index < -0.39 is 0 Å². The summed E-state index contributed by atoms with van der Waals surface area (Å²) in [4.78, 5) is 31.1. The van der Waals surface area contributed by atoms with Crippen molar-refractivity contribution < 1.29 is 14.6 Å². The van der Waals surface area contributed by atoms with Crippen LogP contribution in [0, 0.1) is 23.2 Å². The molecule has 3 aliphatic rings. The number of aromatic nitrogens is 2. The first-order valence-electron chi connectivity index (χ1n) is 15.1. The second kappa shape index (κ2) is 13.3. The van der Waals surface area contributed by atoms with Gasteiger partial charge in [0.05, 0.1) is 35.8 Å². The van der Waals surface area contributed by atoms with Crippen LogP contribution in [0.1, 0.15) is 30.5 Å². The van der Waals surface area contributed by atoms with Crippen molar-refractivity contribution in [3.8, 4) is 23.9 Å². The predicted molar refractivity (Wildman–Crippen MR) is 170 cm³/mol. The molecule has 1 amide bonds. The monoisotopic (exact) mass is 613 g/mol. The molecule has 4 heterocycles. The van der Waals surface area contributed by atoms with Gasteiger partial charge in [-0.2, -0.15) is 15.2 Å². The number of nitrogens with zero attached hydrogens (tertiary/aromatic N) is 7. The van der Waals surface area contributed by atoms with Crippen LogP contribution in [0.3, 0.4) is 0 Å². The van der Waals surface area contributed by atoms with E-state index in [1.807, 2.05) is 12.1 Å². The second-order valence-corrected chi connectivity index (χ2v) is 12.0. The molecule has 0 radical (unpaired) electrons. The highest BCUT2D eigenvalue weighted by Gasteiger charge is 2.34. The Hall–Kier alpha value is -4.09. The zero-order valence-corrected chi connectivity index (χ0v) is 25.6. The van der Waals surface area contributed by atoms with Crippen LogP contribution in [0.2, 0.25) is 5.02 Å². The van der Waals surface area contributed by atoms with Gasteiger partial charge >= 0.3 is 6.01 Å². The zero-order valence-electron chi connectivity index (χ0n) is 24.9. The van der Waals surface area contributed by atoms with Crippen LogP contribution in [0.5, 0.6) is 6.01 Å². The highest BCUT2D eigenvalue weighted by atomic mass is 35.5. The number of anilines is 2. The standard InChI is InChI=1S/C33H36ClN7O3/c1-38-15-4-8-25(38)22-44-33-36-28-21-39(29-10-3-7-23-6-2-9-27(34)31(23)29)16-13-26(28)32(37-33)40-17-18-41(24(20-40)12-14-35)30(43)11-5-19-42/h2-3,6-7,9-10,24-25,42H,4,8,12-13,15-22H2,1H3/t24-,25-/m0/s1. The lowest BCUT2D eigenvalue weighted by Gasteiger charge is -2.41. The van der Waals surface area contributed by atoms with E-state index in [0.29, 0.717) is 44.8 Å². The molecule has 0 unspecified atom stereocenters. The first-order valence-corrected chi connectivity index (χ1v) is 15.5. The van der Waals surface area contributed by atoms with Gasteiger partial charge in [-0.3, -0.25) is 4.79 Å². The topological polar surface area (TPSA) is 109 Å². The number of carbonyl (C=O) groups excluding carboxylic acids is 1. The molecule has 3 aromatic rings. The number of aliphatic hydroxyl groups excluding tert-OH is 1. The summed E-state index contributed by atoms with van der Waals surface area (Å²) in [6.07, 6.45) is 3.12. The molecule has 3 aliphatic heterocycles. The number of hydrogen-bond acceptors (Lipinski definition) is 9. The number of halogens is 1. The third kappa shape index (κ3) is 6.11. The maximum absolute atomic E-state index is 12.7. The van der Waals surface area contributed by atoms with Gasteiger partial charge < -0.3 is 29.4 Å². The number of ether oxygens (including phenoxy) is 1. The Morgan fingerprint density at radius 3 is 2.73 bits per heavy atom. The van der Waals surface area contributed by atoms with Crippen LogP contribution in [0.15, 0.2) is 36.4 Å². The Kier molecular flexibility index (Phi) is 9.04. The van der Waals surface area contributed by atoms with E-state index in [1.54, 1.807) is 4.90 Å². The molecule has 0 saturated carbocycles. The zero-order chi connectivity index (χ0) is 30.6. The van der Waals surface area contributed by atoms with E-state index in [0.717, 1.165) is 70.9 Å². The number of fused-ring (bicyclic) bond motifs is 2. The molecule has 2 saturated heterocycles. The molecule has 11 heteroatoms. The lowest BCUT2D eigenvalue weighted by Crippen LogP contribution is -2.55. The molecule has 44 heavy (non-hydrogen) atoms. The van der Waals surface area contributed by atoms with Crippen LogP contribution in [-0.4, -0.2) is 95.9 Å². The van der Waals surface area contributed by atoms with E-state index in [1.165, 1.54) is 0 Å². The van der Waals surface area contributed by atoms with E-state index >= 15 is 0 Å². The summed E-state index contributed by atoms with van der Waals surface area (Å²) in [5, 5.41) is 21.5. The molecular formula is C33H36ClN7O3. The minimum atomic E-state index is -0.386. The van der Waals surface area contributed by atoms with E-state index in [9.17, 15) is 10.1 Å². The van der Waals surface area contributed by atoms with Crippen molar-refractivity contribution in [2.45, 2.75) is 44.3 Å². The SMILES string of the molecule is CN1CCC[C@H]1COc1nc2c(c(N3CCN(C(=O)C#CCO)[C@@H](CC#N)C3)n1)CCN(c1cccc3cccc(Cl)c13)C2. The highest BCUT2D eigenvalue weighted by Crippen LogP contribution is 2.37. The van der Waals surface area contributed by atoms with Crippen LogP contribution in [0.4, 0.5) is 11.5 Å². The van der Waals surface area contributed by atoms with Gasteiger partial charge in [0, 0.05) is 48.9 Å². The van der Waals surface area contributed by atoms with Crippen LogP contribution in [0.25, 0.3) is 10.8 Å². The average Bonchev–Trinajstić information content (AvgIpc) is 3.46. The number of amides is 1. The van der Waals surface area contributed by atoms with Crippen molar-refractivity contribution in [1.29, 1.82) is 5.26 Å². The number of aliphatic hydroxyl groups is 1. The number of hydrogen-bond donors (Lipinski definition) is 1. The molecule has 0 spiro atoms. The third-order valence-electron chi connectivity index (χ3n) is 8.92. The number of nitriles is 1. The number of likely N-dealkylation sites (tertiary alicyclic amines) is 1. The lowest BCUT2D eigenvalue weighted by atomic mass is 10.0. The number of likely N-dealkylation sites (N-methyl/N-ethyl adjacent to an activating group) is 1. The van der Waals surface area contributed by atoms with E-state index in [-0.39, 0.29) is 25.0 Å². The molecular weight excluding hydrogens is 578 g/mol. The van der Waals surface area contributed by atoms with Crippen LogP contribution in [-0.2, 0) is 17.8 Å². The lowest BCUT2D eigenvalue weighted by molar-refractivity contribution is -0.127. The summed E-state index contributed by atoms with van der Waals surface area (Å²) >= 11 is 6.70. The number of rotatable bonds is 6. The highest BCUT2D eigenvalue weighted by molar-refractivity contribution is 6.36. The fraction of sp³-hybridized carbons (Fsp3) is 0.455. The van der Waals surface area contributed by atoms with Crippen molar-refractivity contribution in [2.24, 2.45) is 0 Å². The Balaban J connectivity index is 1.33. The summed E-state index contributed by atoms with van der Waals surface area (Å²) < 4.78 is 6.28. The number of piperazine rings is 1. The van der Waals surface area contributed by atoms with Crippen LogP contribution >= 0.6 is 11.6 Å². The van der Waals surface area contributed by atoms with E-state index in [2.05, 4.69) is 63.9 Å². The Morgan fingerprint density at radius 1 is 1.11 bits per heavy atom. The van der Waals surface area contributed by atoms with Gasteiger partial charge in [-0.05, 0) is 56.3 Å². The summed E-state index contributed by atoms with van der Waals surface area (Å²) in [7, 11) is 2.12. The molecule has 1 aromatic heterocycles. The summed E-state index contributed by atoms with van der Waals surface area (Å²) in [5.74, 6) is 5.34. The van der Waals surface area contributed by atoms with Crippen molar-refractivity contribution in [2.75, 3.05) is 62.8 Å². The minimum absolute atomic E-state index is 0.170. The molecule has 0 bridgehead atoms. The smallest absolute Gasteiger partial charge is 0.318 e. The minimum Gasteiger partial charge on any atom is -0.462 e. The molecule has 6 rings (SSSR count). The average molecular weight is 614 g/mol. The van der Waals surface area contributed by atoms with Gasteiger partial charge in [-0.25, -0.2) is 0 Å². The molecule has 228 valence electrons. The molecule has 2 fully saturated rings. The van der Waals surface area contributed by atoms with Gasteiger partial charge in [0.25, 0.3) is 5.91 Å². The van der Waals surface area contributed by atoms with Crippen molar-refractivity contribution in [3.05, 3.63) is 52.7 Å².